The Bertz CT molecular complexity index is 653. The Morgan fingerprint density at radius 2 is 2.24 bits per heavy atom. The molecule has 2 aromatic heterocycles. The molecule has 0 aromatic carbocycles. The zero-order valence-electron chi connectivity index (χ0n) is 11.1. The van der Waals surface area contributed by atoms with Gasteiger partial charge in [-0.3, -0.25) is 15.1 Å². The van der Waals surface area contributed by atoms with Crippen LogP contribution >= 0.6 is 15.9 Å². The van der Waals surface area contributed by atoms with Gasteiger partial charge >= 0.3 is 11.6 Å². The number of pyridine rings is 1. The molecule has 2 aromatic rings. The van der Waals surface area contributed by atoms with Crippen molar-refractivity contribution in [2.45, 2.75) is 13.3 Å². The first-order valence-corrected chi connectivity index (χ1v) is 6.92. The first-order chi connectivity index (χ1) is 10.1. The van der Waals surface area contributed by atoms with Crippen molar-refractivity contribution in [3.63, 3.8) is 0 Å². The van der Waals surface area contributed by atoms with Crippen molar-refractivity contribution in [1.29, 1.82) is 0 Å². The van der Waals surface area contributed by atoms with E-state index in [9.17, 15) is 10.1 Å². The average molecular weight is 354 g/mol. The molecule has 0 atom stereocenters. The van der Waals surface area contributed by atoms with Crippen LogP contribution in [0, 0.1) is 10.1 Å². The molecule has 2 heterocycles. The summed E-state index contributed by atoms with van der Waals surface area (Å²) in [7, 11) is 0. The number of rotatable bonds is 6. The highest BCUT2D eigenvalue weighted by Crippen LogP contribution is 2.34. The number of nitrogens with zero attached hydrogens (tertiary/aromatic N) is 4. The molecule has 0 aliphatic carbocycles. The van der Waals surface area contributed by atoms with Gasteiger partial charge in [0, 0.05) is 17.2 Å². The van der Waals surface area contributed by atoms with Gasteiger partial charge < -0.3 is 10.1 Å². The number of nitro groups is 1. The van der Waals surface area contributed by atoms with Crippen LogP contribution in [0.1, 0.15) is 13.3 Å². The normalized spacial score (nSPS) is 10.2. The maximum absolute atomic E-state index is 11.2. The molecule has 0 aliphatic rings. The van der Waals surface area contributed by atoms with E-state index in [1.165, 1.54) is 12.5 Å². The summed E-state index contributed by atoms with van der Waals surface area (Å²) < 4.78 is 6.14. The van der Waals surface area contributed by atoms with Gasteiger partial charge in [-0.05, 0) is 28.4 Å². The van der Waals surface area contributed by atoms with Gasteiger partial charge in [0.15, 0.2) is 0 Å². The number of nitrogens with one attached hydrogen (secondary N) is 1. The summed E-state index contributed by atoms with van der Waals surface area (Å²) in [6.45, 7) is 2.51. The molecule has 0 bridgehead atoms. The minimum Gasteiger partial charge on any atom is -0.432 e. The van der Waals surface area contributed by atoms with Crippen molar-refractivity contribution in [3.05, 3.63) is 39.4 Å². The first-order valence-electron chi connectivity index (χ1n) is 6.13. The minimum absolute atomic E-state index is 0.131. The van der Waals surface area contributed by atoms with Gasteiger partial charge in [0.25, 0.3) is 0 Å². The molecule has 0 saturated heterocycles. The summed E-state index contributed by atoms with van der Waals surface area (Å²) >= 11 is 3.25. The average Bonchev–Trinajstić information content (AvgIpc) is 2.45. The second kappa shape index (κ2) is 6.93. The lowest BCUT2D eigenvalue weighted by molar-refractivity contribution is -0.385. The van der Waals surface area contributed by atoms with Gasteiger partial charge in [-0.1, -0.05) is 6.92 Å². The van der Waals surface area contributed by atoms with Gasteiger partial charge in [0.2, 0.25) is 5.82 Å². The molecular weight excluding hydrogens is 342 g/mol. The lowest BCUT2D eigenvalue weighted by Gasteiger charge is -2.08. The third kappa shape index (κ3) is 3.85. The van der Waals surface area contributed by atoms with Gasteiger partial charge in [-0.25, -0.2) is 4.98 Å². The smallest absolute Gasteiger partial charge is 0.373 e. The quantitative estimate of drug-likeness (QED) is 0.628. The molecule has 0 fully saturated rings. The van der Waals surface area contributed by atoms with Crippen LogP contribution in [0.2, 0.25) is 0 Å². The lowest BCUT2D eigenvalue weighted by Crippen LogP contribution is -2.07. The minimum atomic E-state index is -0.571. The molecule has 8 nitrogen and oxygen atoms in total. The predicted octanol–water partition coefficient (Wildman–Crippen LogP) is 3.16. The van der Waals surface area contributed by atoms with Crippen LogP contribution in [-0.4, -0.2) is 26.4 Å². The number of anilines is 1. The van der Waals surface area contributed by atoms with Crippen molar-refractivity contribution in [1.82, 2.24) is 15.0 Å². The number of ether oxygens (including phenoxy) is 1. The van der Waals surface area contributed by atoms with E-state index >= 15 is 0 Å². The van der Waals surface area contributed by atoms with Crippen LogP contribution < -0.4 is 10.1 Å². The maximum Gasteiger partial charge on any atom is 0.373 e. The second-order valence-corrected chi connectivity index (χ2v) is 4.92. The van der Waals surface area contributed by atoms with Gasteiger partial charge in [0.05, 0.1) is 11.1 Å². The van der Waals surface area contributed by atoms with E-state index in [2.05, 4.69) is 36.2 Å². The van der Waals surface area contributed by atoms with Crippen molar-refractivity contribution < 1.29 is 9.66 Å². The van der Waals surface area contributed by atoms with Crippen LogP contribution in [0.4, 0.5) is 11.5 Å². The third-order valence-corrected chi connectivity index (χ3v) is 2.84. The third-order valence-electron chi connectivity index (χ3n) is 2.41. The van der Waals surface area contributed by atoms with E-state index in [-0.39, 0.29) is 17.4 Å². The van der Waals surface area contributed by atoms with Gasteiger partial charge in [-0.2, -0.15) is 4.98 Å². The monoisotopic (exact) mass is 353 g/mol. The number of aromatic nitrogens is 3. The van der Waals surface area contributed by atoms with Crippen LogP contribution in [0.15, 0.2) is 29.3 Å². The lowest BCUT2D eigenvalue weighted by atomic mass is 10.4. The highest BCUT2D eigenvalue weighted by molar-refractivity contribution is 9.10. The van der Waals surface area contributed by atoms with Crippen molar-refractivity contribution in [2.75, 3.05) is 11.9 Å². The Morgan fingerprint density at radius 1 is 1.43 bits per heavy atom. The largest absolute Gasteiger partial charge is 0.432 e. The Labute approximate surface area is 128 Å². The standard InChI is InChI=1S/C12H12BrN5O3/c1-2-3-15-11-10(18(19)20)12(17-7-16-11)21-9-4-8(13)5-14-6-9/h4-7H,2-3H2,1H3,(H,15,16,17). The predicted molar refractivity (Wildman–Crippen MR) is 79.5 cm³/mol. The molecule has 0 radical (unpaired) electrons. The maximum atomic E-state index is 11.2. The molecule has 0 aliphatic heterocycles. The fourth-order valence-corrected chi connectivity index (χ4v) is 1.88. The summed E-state index contributed by atoms with van der Waals surface area (Å²) in [6.07, 6.45) is 5.05. The Balaban J connectivity index is 2.36. The molecule has 2 rings (SSSR count). The van der Waals surface area contributed by atoms with Gasteiger partial charge in [0.1, 0.15) is 12.1 Å². The fourth-order valence-electron chi connectivity index (χ4n) is 1.53. The van der Waals surface area contributed by atoms with E-state index in [4.69, 9.17) is 4.74 Å². The first kappa shape index (κ1) is 15.1. The molecule has 0 spiro atoms. The summed E-state index contributed by atoms with van der Waals surface area (Å²) in [6, 6.07) is 1.64. The molecule has 0 unspecified atom stereocenters. The van der Waals surface area contributed by atoms with E-state index in [0.717, 1.165) is 6.42 Å². The molecule has 0 amide bonds. The molecule has 110 valence electrons. The Morgan fingerprint density at radius 3 is 2.90 bits per heavy atom. The number of hydrogen-bond acceptors (Lipinski definition) is 7. The fraction of sp³-hybridized carbons (Fsp3) is 0.250. The summed E-state index contributed by atoms with van der Waals surface area (Å²) in [5.74, 6) is 0.343. The van der Waals surface area contributed by atoms with Crippen LogP contribution in [0.5, 0.6) is 11.6 Å². The summed E-state index contributed by atoms with van der Waals surface area (Å²) in [4.78, 5) is 22.3. The molecule has 1 N–H and O–H groups in total. The highest BCUT2D eigenvalue weighted by atomic mass is 79.9. The summed E-state index contributed by atoms with van der Waals surface area (Å²) in [5.41, 5.74) is -0.300. The van der Waals surface area contributed by atoms with Crippen LogP contribution in [-0.2, 0) is 0 Å². The molecular formula is C12H12BrN5O3. The summed E-state index contributed by atoms with van der Waals surface area (Å²) in [5, 5.41) is 14.1. The highest BCUT2D eigenvalue weighted by Gasteiger charge is 2.24. The Hall–Kier alpha value is -2.29. The molecule has 21 heavy (non-hydrogen) atoms. The van der Waals surface area contributed by atoms with E-state index in [1.54, 1.807) is 12.3 Å². The van der Waals surface area contributed by atoms with Crippen molar-refractivity contribution in [2.24, 2.45) is 0 Å². The van der Waals surface area contributed by atoms with Gasteiger partial charge in [-0.15, -0.1) is 0 Å². The molecule has 9 heteroatoms. The van der Waals surface area contributed by atoms with Crippen molar-refractivity contribution in [3.8, 4) is 11.6 Å². The Kier molecular flexibility index (Phi) is 4.99. The van der Waals surface area contributed by atoms with Crippen LogP contribution in [0.25, 0.3) is 0 Å². The zero-order chi connectivity index (χ0) is 15.2. The van der Waals surface area contributed by atoms with Crippen LogP contribution in [0.3, 0.4) is 0 Å². The van der Waals surface area contributed by atoms with E-state index in [0.29, 0.717) is 16.8 Å². The SMILES string of the molecule is CCCNc1ncnc(Oc2cncc(Br)c2)c1[N+](=O)[O-]. The second-order valence-electron chi connectivity index (χ2n) is 4.00. The topological polar surface area (TPSA) is 103 Å². The van der Waals surface area contributed by atoms with E-state index < -0.39 is 4.92 Å². The van der Waals surface area contributed by atoms with Crippen molar-refractivity contribution >= 4 is 27.4 Å². The zero-order valence-corrected chi connectivity index (χ0v) is 12.7. The number of halogens is 1. The molecule has 0 saturated carbocycles. The number of hydrogen-bond donors (Lipinski definition) is 1. The van der Waals surface area contributed by atoms with E-state index in [1.807, 2.05) is 6.92 Å².